The summed E-state index contributed by atoms with van der Waals surface area (Å²) >= 11 is 5.86. The van der Waals surface area contributed by atoms with Crippen molar-refractivity contribution in [3.8, 4) is 5.75 Å². The molecule has 2 aromatic carbocycles. The average Bonchev–Trinajstić information content (AvgIpc) is 2.89. The molecule has 4 nitrogen and oxygen atoms in total. The molecule has 0 unspecified atom stereocenters. The molecule has 0 atom stereocenters. The molecule has 0 bridgehead atoms. The van der Waals surface area contributed by atoms with Crippen molar-refractivity contribution in [2.45, 2.75) is 6.92 Å². The van der Waals surface area contributed by atoms with Crippen molar-refractivity contribution in [2.75, 3.05) is 0 Å². The van der Waals surface area contributed by atoms with Crippen molar-refractivity contribution in [3.05, 3.63) is 76.3 Å². The molecular formula is C19H13ClO4. The summed E-state index contributed by atoms with van der Waals surface area (Å²) in [6, 6.07) is 13.9. The number of cyclic esters (lactones) is 1. The van der Waals surface area contributed by atoms with Gasteiger partial charge in [-0.15, -0.1) is 0 Å². The number of benzene rings is 2. The zero-order valence-electron chi connectivity index (χ0n) is 12.8. The van der Waals surface area contributed by atoms with Crippen molar-refractivity contribution in [1.29, 1.82) is 0 Å². The summed E-state index contributed by atoms with van der Waals surface area (Å²) in [6.07, 6.45) is 3.35. The maximum atomic E-state index is 12.0. The van der Waals surface area contributed by atoms with Gasteiger partial charge in [0.25, 0.3) is 0 Å². The summed E-state index contributed by atoms with van der Waals surface area (Å²) in [5.74, 6) is 0.0621. The summed E-state index contributed by atoms with van der Waals surface area (Å²) < 4.78 is 10.3. The van der Waals surface area contributed by atoms with Crippen molar-refractivity contribution in [2.24, 2.45) is 0 Å². The topological polar surface area (TPSA) is 52.6 Å². The van der Waals surface area contributed by atoms with Gasteiger partial charge in [0.1, 0.15) is 11.5 Å². The molecule has 0 saturated carbocycles. The molecule has 0 fully saturated rings. The number of hydrogen-bond donors (Lipinski definition) is 0. The van der Waals surface area contributed by atoms with Gasteiger partial charge in [0, 0.05) is 17.5 Å². The average molecular weight is 341 g/mol. The number of carbonyl (C=O) groups excluding carboxylic acids is 2. The van der Waals surface area contributed by atoms with E-state index >= 15 is 0 Å². The Balaban J connectivity index is 1.88. The van der Waals surface area contributed by atoms with E-state index in [2.05, 4.69) is 0 Å². The van der Waals surface area contributed by atoms with Crippen LogP contribution < -0.4 is 4.74 Å². The van der Waals surface area contributed by atoms with Gasteiger partial charge >= 0.3 is 11.9 Å². The van der Waals surface area contributed by atoms with Crippen LogP contribution in [0.1, 0.15) is 18.1 Å². The van der Waals surface area contributed by atoms with Crippen LogP contribution in [0.4, 0.5) is 0 Å². The molecule has 0 saturated heterocycles. The third-order valence-corrected chi connectivity index (χ3v) is 3.55. The number of rotatable bonds is 3. The van der Waals surface area contributed by atoms with E-state index in [0.29, 0.717) is 22.1 Å². The van der Waals surface area contributed by atoms with Crippen molar-refractivity contribution in [3.63, 3.8) is 0 Å². The Morgan fingerprint density at radius 2 is 1.92 bits per heavy atom. The number of halogens is 1. The van der Waals surface area contributed by atoms with Gasteiger partial charge in [-0.2, -0.15) is 0 Å². The van der Waals surface area contributed by atoms with Gasteiger partial charge in [-0.05, 0) is 54.1 Å². The highest BCUT2D eigenvalue weighted by Crippen LogP contribution is 2.28. The van der Waals surface area contributed by atoms with Gasteiger partial charge in [0.2, 0.25) is 0 Å². The predicted octanol–water partition coefficient (Wildman–Crippen LogP) is 4.25. The van der Waals surface area contributed by atoms with Crippen LogP contribution in [0.3, 0.4) is 0 Å². The van der Waals surface area contributed by atoms with Gasteiger partial charge in [-0.25, -0.2) is 4.79 Å². The Labute approximate surface area is 144 Å². The van der Waals surface area contributed by atoms with Gasteiger partial charge in [-0.1, -0.05) is 23.7 Å². The van der Waals surface area contributed by atoms with Crippen molar-refractivity contribution >= 4 is 35.4 Å². The Morgan fingerprint density at radius 3 is 2.62 bits per heavy atom. The molecular weight excluding hydrogens is 328 g/mol. The highest BCUT2D eigenvalue weighted by molar-refractivity contribution is 6.30. The maximum Gasteiger partial charge on any atom is 0.343 e. The summed E-state index contributed by atoms with van der Waals surface area (Å²) in [7, 11) is 0. The van der Waals surface area contributed by atoms with Crippen LogP contribution >= 0.6 is 11.6 Å². The van der Waals surface area contributed by atoms with Crippen LogP contribution in [-0.4, -0.2) is 11.9 Å². The van der Waals surface area contributed by atoms with Crippen LogP contribution in [0.2, 0.25) is 5.02 Å². The Bertz CT molecular complexity index is 863. The predicted molar refractivity (Wildman–Crippen MR) is 91.2 cm³/mol. The number of ether oxygens (including phenoxy) is 2. The number of hydrogen-bond acceptors (Lipinski definition) is 4. The fourth-order valence-corrected chi connectivity index (χ4v) is 2.38. The minimum Gasteiger partial charge on any atom is -0.427 e. The standard InChI is InChI=1S/C19H13ClO4/c1-12(21)23-17-4-2-3-13(10-17)9-15-11-18(24-19(15)22)14-5-7-16(20)8-6-14/h2-11H,1H3. The maximum absolute atomic E-state index is 12.0. The van der Waals surface area contributed by atoms with Gasteiger partial charge in [0.15, 0.2) is 0 Å². The van der Waals surface area contributed by atoms with Crippen LogP contribution in [0, 0.1) is 0 Å². The van der Waals surface area contributed by atoms with E-state index in [1.54, 1.807) is 60.7 Å². The van der Waals surface area contributed by atoms with Gasteiger partial charge in [0.05, 0.1) is 5.57 Å². The second-order valence-electron chi connectivity index (χ2n) is 5.17. The first kappa shape index (κ1) is 16.0. The number of carbonyl (C=O) groups is 2. The molecule has 1 aliphatic heterocycles. The normalized spacial score (nSPS) is 15.2. The molecule has 2 aromatic rings. The lowest BCUT2D eigenvalue weighted by Crippen LogP contribution is -2.01. The third kappa shape index (κ3) is 3.73. The SMILES string of the molecule is CC(=O)Oc1cccc(C=C2C=C(c3ccc(Cl)cc3)OC2=O)c1. The van der Waals surface area contributed by atoms with E-state index < -0.39 is 11.9 Å². The molecule has 0 aliphatic carbocycles. The van der Waals surface area contributed by atoms with Gasteiger partial charge in [-0.3, -0.25) is 4.79 Å². The molecule has 5 heteroatoms. The van der Waals surface area contributed by atoms with Crippen LogP contribution in [0.5, 0.6) is 5.75 Å². The minimum atomic E-state index is -0.433. The summed E-state index contributed by atoms with van der Waals surface area (Å²) in [4.78, 5) is 23.1. The van der Waals surface area contributed by atoms with Crippen LogP contribution in [0.25, 0.3) is 11.8 Å². The van der Waals surface area contributed by atoms with E-state index in [1.165, 1.54) is 6.92 Å². The molecule has 1 heterocycles. The molecule has 1 aliphatic rings. The highest BCUT2D eigenvalue weighted by Gasteiger charge is 2.21. The van der Waals surface area contributed by atoms with Gasteiger partial charge < -0.3 is 9.47 Å². The van der Waals surface area contributed by atoms with E-state index in [1.807, 2.05) is 0 Å². The van der Waals surface area contributed by atoms with Crippen LogP contribution in [0.15, 0.2) is 60.2 Å². The molecule has 120 valence electrons. The highest BCUT2D eigenvalue weighted by atomic mass is 35.5. The Hall–Kier alpha value is -2.85. The quantitative estimate of drug-likeness (QED) is 0.476. The smallest absolute Gasteiger partial charge is 0.343 e. The minimum absolute atomic E-state index is 0.398. The van der Waals surface area contributed by atoms with E-state index in [-0.39, 0.29) is 0 Å². The molecule has 0 N–H and O–H groups in total. The first-order valence-electron chi connectivity index (χ1n) is 7.21. The molecule has 24 heavy (non-hydrogen) atoms. The third-order valence-electron chi connectivity index (χ3n) is 3.30. The van der Waals surface area contributed by atoms with Crippen molar-refractivity contribution < 1.29 is 19.1 Å². The monoisotopic (exact) mass is 340 g/mol. The first-order chi connectivity index (χ1) is 11.5. The molecule has 3 rings (SSSR count). The molecule has 0 amide bonds. The van der Waals surface area contributed by atoms with E-state index in [4.69, 9.17) is 21.1 Å². The summed E-state index contributed by atoms with van der Waals surface area (Å²) in [6.45, 7) is 1.33. The summed E-state index contributed by atoms with van der Waals surface area (Å²) in [5.41, 5.74) is 1.92. The zero-order chi connectivity index (χ0) is 17.1. The number of esters is 2. The molecule has 0 spiro atoms. The van der Waals surface area contributed by atoms with E-state index in [9.17, 15) is 9.59 Å². The fourth-order valence-electron chi connectivity index (χ4n) is 2.26. The Morgan fingerprint density at radius 1 is 1.17 bits per heavy atom. The van der Waals surface area contributed by atoms with Crippen LogP contribution in [-0.2, 0) is 14.3 Å². The largest absolute Gasteiger partial charge is 0.427 e. The Kier molecular flexibility index (Phi) is 4.49. The summed E-state index contributed by atoms with van der Waals surface area (Å²) in [5, 5.41) is 0.613. The molecule has 0 aromatic heterocycles. The molecule has 0 radical (unpaired) electrons. The lowest BCUT2D eigenvalue weighted by atomic mass is 10.1. The first-order valence-corrected chi connectivity index (χ1v) is 7.59. The second-order valence-corrected chi connectivity index (χ2v) is 5.61. The van der Waals surface area contributed by atoms with E-state index in [0.717, 1.165) is 11.1 Å². The lowest BCUT2D eigenvalue weighted by Gasteiger charge is -2.02. The van der Waals surface area contributed by atoms with Crippen molar-refractivity contribution in [1.82, 2.24) is 0 Å². The second kappa shape index (κ2) is 6.72. The fraction of sp³-hybridized carbons (Fsp3) is 0.0526. The lowest BCUT2D eigenvalue weighted by molar-refractivity contribution is -0.132. The zero-order valence-corrected chi connectivity index (χ0v) is 13.5.